The Bertz CT molecular complexity index is 258. The first-order valence-electron chi connectivity index (χ1n) is 4.21. The maximum atomic E-state index is 5.85. The zero-order valence-corrected chi connectivity index (χ0v) is 7.63. The van der Waals surface area contributed by atoms with Gasteiger partial charge in [-0.2, -0.15) is 0 Å². The minimum Gasteiger partial charge on any atom is -0.495 e. The Morgan fingerprint density at radius 3 is 2.75 bits per heavy atom. The molecule has 12 heavy (non-hydrogen) atoms. The molecule has 0 saturated carbocycles. The van der Waals surface area contributed by atoms with Crippen molar-refractivity contribution >= 4 is 5.69 Å². The SMILES string of the molecule is CCCc1cccc(OC)c1N. The second-order valence-corrected chi connectivity index (χ2v) is 2.78. The Kier molecular flexibility index (Phi) is 2.97. The van der Waals surface area contributed by atoms with Crippen molar-refractivity contribution in [2.75, 3.05) is 12.8 Å². The third-order valence-electron chi connectivity index (χ3n) is 1.90. The van der Waals surface area contributed by atoms with E-state index in [-0.39, 0.29) is 0 Å². The highest BCUT2D eigenvalue weighted by Gasteiger charge is 2.02. The molecule has 0 aliphatic heterocycles. The topological polar surface area (TPSA) is 35.2 Å². The number of ether oxygens (including phenoxy) is 1. The molecule has 0 spiro atoms. The molecule has 0 bridgehead atoms. The molecule has 0 atom stereocenters. The number of nitrogen functional groups attached to an aromatic ring is 1. The summed E-state index contributed by atoms with van der Waals surface area (Å²) in [4.78, 5) is 0. The fourth-order valence-electron chi connectivity index (χ4n) is 1.25. The van der Waals surface area contributed by atoms with Crippen molar-refractivity contribution < 1.29 is 4.74 Å². The zero-order valence-electron chi connectivity index (χ0n) is 7.63. The summed E-state index contributed by atoms with van der Waals surface area (Å²) in [6.07, 6.45) is 2.13. The molecule has 0 aromatic heterocycles. The minimum atomic E-state index is 0.779. The van der Waals surface area contributed by atoms with E-state index < -0.39 is 0 Å². The minimum absolute atomic E-state index is 0.779. The third-order valence-corrected chi connectivity index (χ3v) is 1.90. The van der Waals surface area contributed by atoms with Gasteiger partial charge in [-0.25, -0.2) is 0 Å². The molecule has 0 unspecified atom stereocenters. The molecule has 0 aliphatic rings. The summed E-state index contributed by atoms with van der Waals surface area (Å²) in [6.45, 7) is 2.14. The molecule has 66 valence electrons. The van der Waals surface area contributed by atoms with Crippen LogP contribution in [0.2, 0.25) is 0 Å². The predicted octanol–water partition coefficient (Wildman–Crippen LogP) is 2.23. The highest BCUT2D eigenvalue weighted by atomic mass is 16.5. The summed E-state index contributed by atoms with van der Waals surface area (Å²) in [5.41, 5.74) is 7.81. The van der Waals surface area contributed by atoms with Crippen LogP contribution in [-0.2, 0) is 6.42 Å². The molecule has 1 aromatic carbocycles. The van der Waals surface area contributed by atoms with Crippen molar-refractivity contribution in [3.63, 3.8) is 0 Å². The van der Waals surface area contributed by atoms with Crippen molar-refractivity contribution in [3.05, 3.63) is 23.8 Å². The lowest BCUT2D eigenvalue weighted by molar-refractivity contribution is 0.416. The van der Waals surface area contributed by atoms with Crippen LogP contribution in [0.4, 0.5) is 5.69 Å². The number of hydrogen-bond acceptors (Lipinski definition) is 2. The number of hydrogen-bond donors (Lipinski definition) is 1. The average Bonchev–Trinajstić information content (AvgIpc) is 2.09. The molecule has 0 fully saturated rings. The van der Waals surface area contributed by atoms with Crippen LogP contribution in [0.25, 0.3) is 0 Å². The Hall–Kier alpha value is -1.18. The monoisotopic (exact) mass is 165 g/mol. The number of aryl methyl sites for hydroxylation is 1. The lowest BCUT2D eigenvalue weighted by atomic mass is 10.1. The predicted molar refractivity (Wildman–Crippen MR) is 51.4 cm³/mol. The van der Waals surface area contributed by atoms with Crippen LogP contribution in [0, 0.1) is 0 Å². The van der Waals surface area contributed by atoms with E-state index in [0.717, 1.165) is 24.3 Å². The van der Waals surface area contributed by atoms with Gasteiger partial charge in [0.05, 0.1) is 12.8 Å². The molecule has 0 amide bonds. The number of nitrogens with two attached hydrogens (primary N) is 1. The Labute approximate surface area is 73.3 Å². The molecule has 0 heterocycles. The number of para-hydroxylation sites is 1. The Morgan fingerprint density at radius 2 is 2.17 bits per heavy atom. The summed E-state index contributed by atoms with van der Waals surface area (Å²) in [5.74, 6) is 0.779. The smallest absolute Gasteiger partial charge is 0.142 e. The molecule has 1 rings (SSSR count). The fraction of sp³-hybridized carbons (Fsp3) is 0.400. The van der Waals surface area contributed by atoms with Gasteiger partial charge in [-0.15, -0.1) is 0 Å². The fourth-order valence-corrected chi connectivity index (χ4v) is 1.25. The van der Waals surface area contributed by atoms with Gasteiger partial charge >= 0.3 is 0 Å². The number of anilines is 1. The van der Waals surface area contributed by atoms with E-state index in [0.29, 0.717) is 0 Å². The van der Waals surface area contributed by atoms with Gasteiger partial charge in [-0.3, -0.25) is 0 Å². The van der Waals surface area contributed by atoms with E-state index in [9.17, 15) is 0 Å². The number of rotatable bonds is 3. The number of benzene rings is 1. The average molecular weight is 165 g/mol. The largest absolute Gasteiger partial charge is 0.495 e. The van der Waals surface area contributed by atoms with Crippen molar-refractivity contribution in [1.29, 1.82) is 0 Å². The van der Waals surface area contributed by atoms with Gasteiger partial charge < -0.3 is 10.5 Å². The molecule has 2 N–H and O–H groups in total. The summed E-state index contributed by atoms with van der Waals surface area (Å²) in [6, 6.07) is 5.90. The highest BCUT2D eigenvalue weighted by molar-refractivity contribution is 5.58. The maximum absolute atomic E-state index is 5.85. The Balaban J connectivity index is 2.97. The summed E-state index contributed by atoms with van der Waals surface area (Å²) >= 11 is 0. The molecular formula is C10H15NO. The molecule has 2 nitrogen and oxygen atoms in total. The molecule has 2 heteroatoms. The van der Waals surface area contributed by atoms with Crippen LogP contribution in [0.1, 0.15) is 18.9 Å². The standard InChI is InChI=1S/C10H15NO/c1-3-5-8-6-4-7-9(12-2)10(8)11/h4,6-7H,3,5,11H2,1-2H3. The van der Waals surface area contributed by atoms with Gasteiger partial charge in [0.1, 0.15) is 5.75 Å². The lowest BCUT2D eigenvalue weighted by Gasteiger charge is -2.08. The van der Waals surface area contributed by atoms with Gasteiger partial charge in [0.2, 0.25) is 0 Å². The molecule has 0 saturated heterocycles. The van der Waals surface area contributed by atoms with E-state index in [1.54, 1.807) is 7.11 Å². The van der Waals surface area contributed by atoms with Crippen molar-refractivity contribution in [2.24, 2.45) is 0 Å². The quantitative estimate of drug-likeness (QED) is 0.697. The van der Waals surface area contributed by atoms with E-state index in [4.69, 9.17) is 10.5 Å². The Morgan fingerprint density at radius 1 is 1.42 bits per heavy atom. The summed E-state index contributed by atoms with van der Waals surface area (Å²) in [5, 5.41) is 0. The van der Waals surface area contributed by atoms with Crippen LogP contribution in [0.5, 0.6) is 5.75 Å². The van der Waals surface area contributed by atoms with E-state index in [2.05, 4.69) is 6.92 Å². The van der Waals surface area contributed by atoms with Crippen molar-refractivity contribution in [1.82, 2.24) is 0 Å². The second-order valence-electron chi connectivity index (χ2n) is 2.78. The second kappa shape index (κ2) is 4.00. The number of methoxy groups -OCH3 is 1. The molecular weight excluding hydrogens is 150 g/mol. The first-order valence-corrected chi connectivity index (χ1v) is 4.21. The lowest BCUT2D eigenvalue weighted by Crippen LogP contribution is -1.97. The third kappa shape index (κ3) is 1.70. The molecule has 0 radical (unpaired) electrons. The van der Waals surface area contributed by atoms with Crippen LogP contribution in [0.15, 0.2) is 18.2 Å². The molecule has 0 aliphatic carbocycles. The van der Waals surface area contributed by atoms with Crippen LogP contribution >= 0.6 is 0 Å². The maximum Gasteiger partial charge on any atom is 0.142 e. The van der Waals surface area contributed by atoms with Gasteiger partial charge in [0.25, 0.3) is 0 Å². The summed E-state index contributed by atoms with van der Waals surface area (Å²) < 4.78 is 5.11. The van der Waals surface area contributed by atoms with Crippen molar-refractivity contribution in [3.8, 4) is 5.75 Å². The van der Waals surface area contributed by atoms with Gasteiger partial charge in [-0.05, 0) is 18.1 Å². The first-order chi connectivity index (χ1) is 5.79. The van der Waals surface area contributed by atoms with Crippen LogP contribution in [0.3, 0.4) is 0 Å². The molecule has 1 aromatic rings. The van der Waals surface area contributed by atoms with Gasteiger partial charge in [0, 0.05) is 0 Å². The van der Waals surface area contributed by atoms with Crippen LogP contribution < -0.4 is 10.5 Å². The van der Waals surface area contributed by atoms with E-state index >= 15 is 0 Å². The first kappa shape index (κ1) is 8.91. The highest BCUT2D eigenvalue weighted by Crippen LogP contribution is 2.25. The van der Waals surface area contributed by atoms with Crippen molar-refractivity contribution in [2.45, 2.75) is 19.8 Å². The summed E-state index contributed by atoms with van der Waals surface area (Å²) in [7, 11) is 1.64. The van der Waals surface area contributed by atoms with Gasteiger partial charge in [0.15, 0.2) is 0 Å². The normalized spacial score (nSPS) is 9.83. The van der Waals surface area contributed by atoms with E-state index in [1.807, 2.05) is 18.2 Å². The van der Waals surface area contributed by atoms with Crippen LogP contribution in [-0.4, -0.2) is 7.11 Å². The van der Waals surface area contributed by atoms with Gasteiger partial charge in [-0.1, -0.05) is 25.5 Å². The van der Waals surface area contributed by atoms with E-state index in [1.165, 1.54) is 5.56 Å². The zero-order chi connectivity index (χ0) is 8.97.